The van der Waals surface area contributed by atoms with Crippen molar-refractivity contribution in [1.29, 1.82) is 0 Å². The van der Waals surface area contributed by atoms with Crippen LogP contribution in [-0.4, -0.2) is 17.1 Å². The first-order chi connectivity index (χ1) is 10.4. The summed E-state index contributed by atoms with van der Waals surface area (Å²) in [5.74, 6) is 3.08. The van der Waals surface area contributed by atoms with Crippen molar-refractivity contribution in [3.05, 3.63) is 18.3 Å². The van der Waals surface area contributed by atoms with Crippen LogP contribution in [0.1, 0.15) is 57.8 Å². The Balaban J connectivity index is 1.31. The van der Waals surface area contributed by atoms with Gasteiger partial charge in [0, 0.05) is 12.1 Å². The molecule has 3 aliphatic rings. The van der Waals surface area contributed by atoms with Crippen molar-refractivity contribution >= 4 is 11.5 Å². The van der Waals surface area contributed by atoms with E-state index in [1.54, 1.807) is 0 Å². The van der Waals surface area contributed by atoms with Gasteiger partial charge in [-0.05, 0) is 68.9 Å². The van der Waals surface area contributed by atoms with Crippen LogP contribution in [-0.2, 0) is 0 Å². The number of aromatic nitrogens is 1. The van der Waals surface area contributed by atoms with Gasteiger partial charge in [0.25, 0.3) is 0 Å². The third kappa shape index (κ3) is 3.33. The molecule has 0 radical (unpaired) electrons. The zero-order valence-corrected chi connectivity index (χ0v) is 12.9. The first-order valence-corrected chi connectivity index (χ1v) is 8.86. The number of nitrogens with zero attached hydrogens (tertiary/aromatic N) is 1. The lowest BCUT2D eigenvalue weighted by Gasteiger charge is -2.30. The van der Waals surface area contributed by atoms with Crippen LogP contribution in [0.2, 0.25) is 0 Å². The van der Waals surface area contributed by atoms with Crippen molar-refractivity contribution in [2.45, 2.75) is 69.9 Å². The standard InChI is InChI=1S/C18H27N3/c1-3-14(13-7-8-13)11-16(6-1)20-17-9-10-18(19-12-17)21-15-4-2-5-15/h9-10,12-16,20H,1-8,11H2,(H,19,21). The molecule has 3 saturated carbocycles. The van der Waals surface area contributed by atoms with Crippen LogP contribution in [0.3, 0.4) is 0 Å². The van der Waals surface area contributed by atoms with Crippen molar-refractivity contribution < 1.29 is 0 Å². The first-order valence-electron chi connectivity index (χ1n) is 8.86. The molecule has 3 fully saturated rings. The summed E-state index contributed by atoms with van der Waals surface area (Å²) in [6.45, 7) is 0. The Morgan fingerprint density at radius 2 is 1.62 bits per heavy atom. The van der Waals surface area contributed by atoms with Crippen LogP contribution in [0.4, 0.5) is 11.5 Å². The fraction of sp³-hybridized carbons (Fsp3) is 0.722. The van der Waals surface area contributed by atoms with Crippen LogP contribution < -0.4 is 10.6 Å². The smallest absolute Gasteiger partial charge is 0.126 e. The zero-order valence-electron chi connectivity index (χ0n) is 12.9. The molecule has 0 bridgehead atoms. The second-order valence-corrected chi connectivity index (χ2v) is 7.31. The average Bonchev–Trinajstić information content (AvgIpc) is 3.30. The van der Waals surface area contributed by atoms with Gasteiger partial charge in [-0.1, -0.05) is 12.8 Å². The van der Waals surface area contributed by atoms with Gasteiger partial charge in [0.2, 0.25) is 0 Å². The minimum absolute atomic E-state index is 0.661. The van der Waals surface area contributed by atoms with E-state index in [1.165, 1.54) is 63.5 Å². The van der Waals surface area contributed by atoms with E-state index >= 15 is 0 Å². The summed E-state index contributed by atoms with van der Waals surface area (Å²) in [6, 6.07) is 5.64. The Morgan fingerprint density at radius 1 is 0.810 bits per heavy atom. The Morgan fingerprint density at radius 3 is 2.29 bits per heavy atom. The van der Waals surface area contributed by atoms with E-state index in [2.05, 4.69) is 27.8 Å². The molecule has 0 aromatic carbocycles. The maximum atomic E-state index is 4.56. The summed E-state index contributed by atoms with van der Waals surface area (Å²) in [4.78, 5) is 4.56. The number of rotatable bonds is 5. The molecule has 3 heteroatoms. The Bertz CT molecular complexity index is 462. The highest BCUT2D eigenvalue weighted by molar-refractivity contribution is 5.48. The predicted octanol–water partition coefficient (Wildman–Crippen LogP) is 4.43. The molecule has 114 valence electrons. The van der Waals surface area contributed by atoms with E-state index in [0.717, 1.165) is 17.7 Å². The van der Waals surface area contributed by atoms with E-state index in [1.807, 2.05) is 6.20 Å². The monoisotopic (exact) mass is 285 g/mol. The van der Waals surface area contributed by atoms with Crippen LogP contribution in [0, 0.1) is 11.8 Å². The molecule has 2 N–H and O–H groups in total. The maximum absolute atomic E-state index is 4.56. The number of hydrogen-bond acceptors (Lipinski definition) is 3. The molecular formula is C18H27N3. The molecule has 21 heavy (non-hydrogen) atoms. The molecule has 0 aliphatic heterocycles. The molecule has 1 aromatic heterocycles. The van der Waals surface area contributed by atoms with E-state index < -0.39 is 0 Å². The van der Waals surface area contributed by atoms with Crippen molar-refractivity contribution in [2.24, 2.45) is 11.8 Å². The maximum Gasteiger partial charge on any atom is 0.126 e. The lowest BCUT2D eigenvalue weighted by molar-refractivity contribution is 0.303. The summed E-state index contributed by atoms with van der Waals surface area (Å²) < 4.78 is 0. The Labute approximate surface area is 127 Å². The number of pyridine rings is 1. The molecule has 3 aliphatic carbocycles. The van der Waals surface area contributed by atoms with Crippen molar-refractivity contribution in [2.75, 3.05) is 10.6 Å². The number of nitrogens with one attached hydrogen (secondary N) is 2. The highest BCUT2D eigenvalue weighted by Gasteiger charge is 2.34. The highest BCUT2D eigenvalue weighted by Crippen LogP contribution is 2.44. The topological polar surface area (TPSA) is 37.0 Å². The molecule has 0 amide bonds. The predicted molar refractivity (Wildman–Crippen MR) is 87.6 cm³/mol. The number of hydrogen-bond donors (Lipinski definition) is 2. The normalized spacial score (nSPS) is 29.7. The average molecular weight is 285 g/mol. The van der Waals surface area contributed by atoms with E-state index in [-0.39, 0.29) is 0 Å². The molecule has 2 atom stereocenters. The van der Waals surface area contributed by atoms with Crippen LogP contribution >= 0.6 is 0 Å². The van der Waals surface area contributed by atoms with Gasteiger partial charge in [-0.2, -0.15) is 0 Å². The Kier molecular flexibility index (Phi) is 3.74. The minimum Gasteiger partial charge on any atom is -0.381 e. The first kappa shape index (κ1) is 13.4. The lowest BCUT2D eigenvalue weighted by Crippen LogP contribution is -2.28. The van der Waals surface area contributed by atoms with Gasteiger partial charge in [-0.3, -0.25) is 0 Å². The van der Waals surface area contributed by atoms with Crippen molar-refractivity contribution in [3.8, 4) is 0 Å². The third-order valence-electron chi connectivity index (χ3n) is 5.59. The summed E-state index contributed by atoms with van der Waals surface area (Å²) >= 11 is 0. The molecule has 1 aromatic rings. The van der Waals surface area contributed by atoms with Crippen LogP contribution in [0.15, 0.2) is 18.3 Å². The van der Waals surface area contributed by atoms with Gasteiger partial charge in [0.1, 0.15) is 5.82 Å². The third-order valence-corrected chi connectivity index (χ3v) is 5.59. The molecule has 4 rings (SSSR count). The summed E-state index contributed by atoms with van der Waals surface area (Å²) in [6.07, 6.45) is 14.5. The molecule has 3 nitrogen and oxygen atoms in total. The molecular weight excluding hydrogens is 258 g/mol. The van der Waals surface area contributed by atoms with Gasteiger partial charge in [-0.15, -0.1) is 0 Å². The van der Waals surface area contributed by atoms with Crippen molar-refractivity contribution in [1.82, 2.24) is 4.98 Å². The SMILES string of the molecule is c1cc(NC2CCC2)ncc1NC1CCCC(C2CC2)C1. The second kappa shape index (κ2) is 5.86. The van der Waals surface area contributed by atoms with E-state index in [0.29, 0.717) is 12.1 Å². The van der Waals surface area contributed by atoms with Gasteiger partial charge in [0.05, 0.1) is 11.9 Å². The fourth-order valence-corrected chi connectivity index (χ4v) is 3.92. The summed E-state index contributed by atoms with van der Waals surface area (Å²) in [5, 5.41) is 7.21. The van der Waals surface area contributed by atoms with E-state index in [4.69, 9.17) is 0 Å². The molecule has 1 heterocycles. The van der Waals surface area contributed by atoms with Gasteiger partial charge in [0.15, 0.2) is 0 Å². The van der Waals surface area contributed by atoms with Crippen molar-refractivity contribution in [3.63, 3.8) is 0 Å². The van der Waals surface area contributed by atoms with Crippen LogP contribution in [0.25, 0.3) is 0 Å². The lowest BCUT2D eigenvalue weighted by atomic mass is 9.82. The molecule has 0 saturated heterocycles. The quantitative estimate of drug-likeness (QED) is 0.840. The Hall–Kier alpha value is -1.25. The molecule has 0 spiro atoms. The van der Waals surface area contributed by atoms with Gasteiger partial charge >= 0.3 is 0 Å². The summed E-state index contributed by atoms with van der Waals surface area (Å²) in [5.41, 5.74) is 1.19. The van der Waals surface area contributed by atoms with Gasteiger partial charge in [-0.25, -0.2) is 4.98 Å². The highest BCUT2D eigenvalue weighted by atomic mass is 15.0. The summed E-state index contributed by atoms with van der Waals surface area (Å²) in [7, 11) is 0. The van der Waals surface area contributed by atoms with Crippen LogP contribution in [0.5, 0.6) is 0 Å². The van der Waals surface area contributed by atoms with Gasteiger partial charge < -0.3 is 10.6 Å². The largest absolute Gasteiger partial charge is 0.381 e. The molecule has 2 unspecified atom stereocenters. The zero-order chi connectivity index (χ0) is 14.1. The fourth-order valence-electron chi connectivity index (χ4n) is 3.92. The second-order valence-electron chi connectivity index (χ2n) is 7.31. The minimum atomic E-state index is 0.661. The number of anilines is 2. The van der Waals surface area contributed by atoms with E-state index in [9.17, 15) is 0 Å².